The maximum Gasteiger partial charge on any atom is 0.255 e. The number of benzene rings is 1. The molecule has 6 nitrogen and oxygen atoms in total. The minimum atomic E-state index is -0.964. The zero-order valence-corrected chi connectivity index (χ0v) is 11.8. The summed E-state index contributed by atoms with van der Waals surface area (Å²) in [4.78, 5) is 12.1. The number of hydrogen-bond donors (Lipinski definition) is 3. The molecule has 0 aromatic heterocycles. The minimum Gasteiger partial charge on any atom is -0.490 e. The van der Waals surface area contributed by atoms with Crippen molar-refractivity contribution in [1.82, 2.24) is 5.32 Å². The molecule has 21 heavy (non-hydrogen) atoms. The van der Waals surface area contributed by atoms with Gasteiger partial charge in [0.25, 0.3) is 5.91 Å². The van der Waals surface area contributed by atoms with E-state index < -0.39 is 12.7 Å². The van der Waals surface area contributed by atoms with Gasteiger partial charge in [-0.2, -0.15) is 0 Å². The van der Waals surface area contributed by atoms with Gasteiger partial charge < -0.3 is 25.0 Å². The highest BCUT2D eigenvalue weighted by atomic mass is 16.5. The highest BCUT2D eigenvalue weighted by Crippen LogP contribution is 2.20. The Bertz CT molecular complexity index is 459. The summed E-state index contributed by atoms with van der Waals surface area (Å²) in [5, 5.41) is 20.6. The maximum atomic E-state index is 12.1. The maximum absolute atomic E-state index is 12.1. The molecule has 0 spiro atoms. The van der Waals surface area contributed by atoms with Crippen LogP contribution in [-0.2, 0) is 4.74 Å². The van der Waals surface area contributed by atoms with E-state index in [0.29, 0.717) is 17.9 Å². The molecule has 2 rings (SSSR count). The van der Waals surface area contributed by atoms with Crippen LogP contribution in [0.4, 0.5) is 0 Å². The van der Waals surface area contributed by atoms with Gasteiger partial charge in [0, 0.05) is 13.2 Å². The van der Waals surface area contributed by atoms with Crippen molar-refractivity contribution in [2.45, 2.75) is 25.0 Å². The second-order valence-corrected chi connectivity index (χ2v) is 4.99. The summed E-state index contributed by atoms with van der Waals surface area (Å²) in [6.07, 6.45) is 1.12. The van der Waals surface area contributed by atoms with Crippen LogP contribution < -0.4 is 10.1 Å². The number of aliphatic hydroxyl groups excluding tert-OH is 2. The van der Waals surface area contributed by atoms with Crippen LogP contribution in [0.3, 0.4) is 0 Å². The Labute approximate surface area is 123 Å². The molecule has 116 valence electrons. The normalized spacial score (nSPS) is 19.2. The molecule has 1 aliphatic heterocycles. The Morgan fingerprint density at radius 3 is 3.00 bits per heavy atom. The molecule has 1 aromatic rings. The fourth-order valence-electron chi connectivity index (χ4n) is 2.11. The van der Waals surface area contributed by atoms with Crippen molar-refractivity contribution in [1.29, 1.82) is 0 Å². The summed E-state index contributed by atoms with van der Waals surface area (Å²) in [6.45, 7) is 0.783. The van der Waals surface area contributed by atoms with E-state index in [1.165, 1.54) is 0 Å². The van der Waals surface area contributed by atoms with Crippen molar-refractivity contribution in [2.75, 3.05) is 26.4 Å². The van der Waals surface area contributed by atoms with Gasteiger partial charge in [0.05, 0.1) is 24.4 Å². The standard InChI is InChI=1S/C15H21NO5/c17-9-11(18)8-16-15(19)13-5-1-2-6-14(13)21-10-12-4-3-7-20-12/h1-2,5-6,11-12,17-18H,3-4,7-10H2,(H,16,19)/t11-,12+/m0/s1. The van der Waals surface area contributed by atoms with Gasteiger partial charge >= 0.3 is 0 Å². The van der Waals surface area contributed by atoms with Crippen LogP contribution in [0.1, 0.15) is 23.2 Å². The fourth-order valence-corrected chi connectivity index (χ4v) is 2.11. The van der Waals surface area contributed by atoms with Crippen LogP contribution in [0.5, 0.6) is 5.75 Å². The highest BCUT2D eigenvalue weighted by molar-refractivity contribution is 5.96. The Balaban J connectivity index is 1.93. The number of hydrogen-bond acceptors (Lipinski definition) is 5. The third-order valence-corrected chi connectivity index (χ3v) is 3.29. The SMILES string of the molecule is O=C(NC[C@H](O)CO)c1ccccc1OC[C@H]1CCCO1. The fraction of sp³-hybridized carbons (Fsp3) is 0.533. The van der Waals surface area contributed by atoms with Gasteiger partial charge in [-0.1, -0.05) is 12.1 Å². The molecule has 1 heterocycles. The first-order valence-corrected chi connectivity index (χ1v) is 7.11. The number of para-hydroxylation sites is 1. The average Bonchev–Trinajstić information content (AvgIpc) is 3.04. The van der Waals surface area contributed by atoms with Crippen LogP contribution in [0.2, 0.25) is 0 Å². The molecule has 3 N–H and O–H groups in total. The van der Waals surface area contributed by atoms with Crippen molar-refractivity contribution < 1.29 is 24.5 Å². The van der Waals surface area contributed by atoms with Crippen molar-refractivity contribution in [3.8, 4) is 5.75 Å². The molecule has 0 aliphatic carbocycles. The predicted molar refractivity (Wildman–Crippen MR) is 76.3 cm³/mol. The third-order valence-electron chi connectivity index (χ3n) is 3.29. The Kier molecular flexibility index (Phi) is 5.98. The van der Waals surface area contributed by atoms with E-state index in [-0.39, 0.29) is 18.6 Å². The number of aliphatic hydroxyl groups is 2. The lowest BCUT2D eigenvalue weighted by Gasteiger charge is -2.15. The van der Waals surface area contributed by atoms with E-state index in [0.717, 1.165) is 19.4 Å². The lowest BCUT2D eigenvalue weighted by atomic mass is 10.2. The lowest BCUT2D eigenvalue weighted by molar-refractivity contribution is 0.0666. The number of carbonyl (C=O) groups excluding carboxylic acids is 1. The smallest absolute Gasteiger partial charge is 0.255 e. The van der Waals surface area contributed by atoms with E-state index in [9.17, 15) is 9.90 Å². The van der Waals surface area contributed by atoms with Gasteiger partial charge in [-0.3, -0.25) is 4.79 Å². The van der Waals surface area contributed by atoms with Gasteiger partial charge in [-0.05, 0) is 25.0 Å². The van der Waals surface area contributed by atoms with E-state index in [4.69, 9.17) is 14.6 Å². The summed E-state index contributed by atoms with van der Waals surface area (Å²) in [6, 6.07) is 6.93. The molecule has 2 atom stereocenters. The summed E-state index contributed by atoms with van der Waals surface area (Å²) in [5.74, 6) is 0.148. The Morgan fingerprint density at radius 2 is 2.29 bits per heavy atom. The zero-order valence-electron chi connectivity index (χ0n) is 11.8. The molecular formula is C15H21NO5. The van der Waals surface area contributed by atoms with Crippen LogP contribution in [0.25, 0.3) is 0 Å². The van der Waals surface area contributed by atoms with E-state index >= 15 is 0 Å². The van der Waals surface area contributed by atoms with Gasteiger partial charge in [0.15, 0.2) is 0 Å². The second kappa shape index (κ2) is 7.97. The summed E-state index contributed by atoms with van der Waals surface area (Å²) in [5.41, 5.74) is 0.403. The van der Waals surface area contributed by atoms with Crippen molar-refractivity contribution >= 4 is 5.91 Å². The van der Waals surface area contributed by atoms with Gasteiger partial charge in [-0.15, -0.1) is 0 Å². The van der Waals surface area contributed by atoms with Gasteiger partial charge in [0.1, 0.15) is 12.4 Å². The number of amides is 1. The summed E-state index contributed by atoms with van der Waals surface area (Å²) < 4.78 is 11.2. The lowest BCUT2D eigenvalue weighted by Crippen LogP contribution is -2.34. The number of carbonyl (C=O) groups is 1. The van der Waals surface area contributed by atoms with Crippen LogP contribution in [0.15, 0.2) is 24.3 Å². The predicted octanol–water partition coefficient (Wildman–Crippen LogP) is 0.327. The monoisotopic (exact) mass is 295 g/mol. The first-order chi connectivity index (χ1) is 10.2. The average molecular weight is 295 g/mol. The molecule has 1 saturated heterocycles. The first-order valence-electron chi connectivity index (χ1n) is 7.11. The van der Waals surface area contributed by atoms with Crippen LogP contribution in [0, 0.1) is 0 Å². The van der Waals surface area contributed by atoms with Crippen LogP contribution >= 0.6 is 0 Å². The molecule has 1 aromatic carbocycles. The van der Waals surface area contributed by atoms with Gasteiger partial charge in [0.2, 0.25) is 0 Å². The minimum absolute atomic E-state index is 0.00456. The van der Waals surface area contributed by atoms with E-state index in [1.807, 2.05) is 0 Å². The topological polar surface area (TPSA) is 88.0 Å². The van der Waals surface area contributed by atoms with Crippen molar-refractivity contribution in [3.05, 3.63) is 29.8 Å². The first kappa shape index (κ1) is 15.8. The molecule has 0 radical (unpaired) electrons. The zero-order chi connectivity index (χ0) is 15.1. The molecule has 0 unspecified atom stereocenters. The Hall–Kier alpha value is -1.63. The second-order valence-electron chi connectivity index (χ2n) is 4.99. The summed E-state index contributed by atoms with van der Waals surface area (Å²) in [7, 11) is 0. The van der Waals surface area contributed by atoms with Crippen molar-refractivity contribution in [3.63, 3.8) is 0 Å². The van der Waals surface area contributed by atoms with Crippen LogP contribution in [-0.4, -0.2) is 54.7 Å². The highest BCUT2D eigenvalue weighted by Gasteiger charge is 2.18. The molecule has 6 heteroatoms. The Morgan fingerprint density at radius 1 is 1.48 bits per heavy atom. The quantitative estimate of drug-likeness (QED) is 0.674. The molecule has 1 fully saturated rings. The molecular weight excluding hydrogens is 274 g/mol. The molecule has 0 saturated carbocycles. The number of ether oxygens (including phenoxy) is 2. The van der Waals surface area contributed by atoms with E-state index in [2.05, 4.69) is 5.32 Å². The largest absolute Gasteiger partial charge is 0.490 e. The third kappa shape index (κ3) is 4.70. The summed E-state index contributed by atoms with van der Waals surface area (Å²) >= 11 is 0. The van der Waals surface area contributed by atoms with Crippen molar-refractivity contribution in [2.24, 2.45) is 0 Å². The number of rotatable bonds is 7. The molecule has 0 bridgehead atoms. The number of nitrogens with one attached hydrogen (secondary N) is 1. The van der Waals surface area contributed by atoms with E-state index in [1.54, 1.807) is 24.3 Å². The molecule has 1 aliphatic rings. The molecule has 1 amide bonds. The van der Waals surface area contributed by atoms with Gasteiger partial charge in [-0.25, -0.2) is 0 Å².